The van der Waals surface area contributed by atoms with Crippen LogP contribution in [0.15, 0.2) is 53.6 Å². The van der Waals surface area contributed by atoms with E-state index < -0.39 is 0 Å². The maximum Gasteiger partial charge on any atom is 0.275 e. The Morgan fingerprint density at radius 3 is 2.62 bits per heavy atom. The number of methoxy groups -OCH3 is 1. The largest absolute Gasteiger partial charge is 0.496 e. The van der Waals surface area contributed by atoms with E-state index in [0.29, 0.717) is 16.9 Å². The summed E-state index contributed by atoms with van der Waals surface area (Å²) in [6.45, 7) is 0. The summed E-state index contributed by atoms with van der Waals surface area (Å²) in [5.41, 5.74) is 4.21. The van der Waals surface area contributed by atoms with E-state index in [0.717, 1.165) is 5.56 Å². The van der Waals surface area contributed by atoms with E-state index in [1.165, 1.54) is 13.3 Å². The fourth-order valence-electron chi connectivity index (χ4n) is 1.70. The standard InChI is InChI=1S/C16H13N3O2/c1-21-15-5-3-2-4-14(15)16(20)19-18-11-13-8-6-12(10-17)7-9-13/h2-9,11H,1H3,(H,19,20). The molecule has 0 unspecified atom stereocenters. The normalized spacial score (nSPS) is 10.1. The van der Waals surface area contributed by atoms with E-state index in [2.05, 4.69) is 10.5 Å². The Hall–Kier alpha value is -3.13. The molecule has 0 aliphatic rings. The van der Waals surface area contributed by atoms with Crippen LogP contribution in [0.3, 0.4) is 0 Å². The van der Waals surface area contributed by atoms with Crippen LogP contribution in [0.4, 0.5) is 0 Å². The lowest BCUT2D eigenvalue weighted by atomic mass is 10.2. The van der Waals surface area contributed by atoms with Gasteiger partial charge in [0.2, 0.25) is 0 Å². The number of nitrogens with zero attached hydrogens (tertiary/aromatic N) is 2. The lowest BCUT2D eigenvalue weighted by Crippen LogP contribution is -2.18. The van der Waals surface area contributed by atoms with Gasteiger partial charge in [-0.15, -0.1) is 0 Å². The Labute approximate surface area is 122 Å². The van der Waals surface area contributed by atoms with Crippen molar-refractivity contribution in [2.45, 2.75) is 0 Å². The summed E-state index contributed by atoms with van der Waals surface area (Å²) in [4.78, 5) is 12.0. The van der Waals surface area contributed by atoms with Crippen LogP contribution in [0, 0.1) is 11.3 Å². The second kappa shape index (κ2) is 6.87. The van der Waals surface area contributed by atoms with Crippen LogP contribution < -0.4 is 10.2 Å². The van der Waals surface area contributed by atoms with Crippen molar-refractivity contribution in [1.29, 1.82) is 5.26 Å². The third kappa shape index (κ3) is 3.67. The molecule has 2 rings (SSSR count). The molecule has 0 spiro atoms. The number of nitrogens with one attached hydrogen (secondary N) is 1. The Morgan fingerprint density at radius 1 is 1.24 bits per heavy atom. The Morgan fingerprint density at radius 2 is 1.95 bits per heavy atom. The molecule has 0 atom stereocenters. The van der Waals surface area contributed by atoms with Gasteiger partial charge in [-0.3, -0.25) is 4.79 Å². The minimum Gasteiger partial charge on any atom is -0.496 e. The van der Waals surface area contributed by atoms with E-state index in [4.69, 9.17) is 10.00 Å². The van der Waals surface area contributed by atoms with E-state index >= 15 is 0 Å². The van der Waals surface area contributed by atoms with Crippen molar-refractivity contribution in [3.8, 4) is 11.8 Å². The molecule has 5 heteroatoms. The van der Waals surface area contributed by atoms with Crippen LogP contribution in [-0.2, 0) is 0 Å². The highest BCUT2D eigenvalue weighted by molar-refractivity contribution is 5.97. The molecule has 0 saturated carbocycles. The van der Waals surface area contributed by atoms with Crippen LogP contribution in [0.2, 0.25) is 0 Å². The molecule has 5 nitrogen and oxygen atoms in total. The zero-order valence-corrected chi connectivity index (χ0v) is 11.4. The average molecular weight is 279 g/mol. The molecule has 104 valence electrons. The number of nitriles is 1. The summed E-state index contributed by atoms with van der Waals surface area (Å²) < 4.78 is 5.11. The molecule has 21 heavy (non-hydrogen) atoms. The summed E-state index contributed by atoms with van der Waals surface area (Å²) in [6, 6.07) is 15.8. The van der Waals surface area contributed by atoms with E-state index in [-0.39, 0.29) is 5.91 Å². The first-order chi connectivity index (χ1) is 10.2. The average Bonchev–Trinajstić information content (AvgIpc) is 2.55. The van der Waals surface area contributed by atoms with Gasteiger partial charge in [-0.25, -0.2) is 5.43 Å². The first kappa shape index (κ1) is 14.3. The van der Waals surface area contributed by atoms with Crippen LogP contribution in [0.25, 0.3) is 0 Å². The first-order valence-corrected chi connectivity index (χ1v) is 6.21. The van der Waals surface area contributed by atoms with Crippen LogP contribution in [0.5, 0.6) is 5.75 Å². The van der Waals surface area contributed by atoms with Crippen LogP contribution >= 0.6 is 0 Å². The van der Waals surface area contributed by atoms with Crippen LogP contribution in [0.1, 0.15) is 21.5 Å². The Bertz CT molecular complexity index is 700. The molecule has 0 aromatic heterocycles. The van der Waals surface area contributed by atoms with Gasteiger partial charge in [-0.2, -0.15) is 10.4 Å². The van der Waals surface area contributed by atoms with Crippen LogP contribution in [-0.4, -0.2) is 19.2 Å². The highest BCUT2D eigenvalue weighted by atomic mass is 16.5. The topological polar surface area (TPSA) is 74.5 Å². The first-order valence-electron chi connectivity index (χ1n) is 6.21. The molecule has 0 fully saturated rings. The maximum atomic E-state index is 12.0. The number of rotatable bonds is 4. The summed E-state index contributed by atoms with van der Waals surface area (Å²) in [7, 11) is 1.51. The zero-order chi connectivity index (χ0) is 15.1. The highest BCUT2D eigenvalue weighted by Crippen LogP contribution is 2.16. The van der Waals surface area contributed by atoms with E-state index in [1.54, 1.807) is 48.5 Å². The second-order valence-corrected chi connectivity index (χ2v) is 4.13. The van der Waals surface area contributed by atoms with Gasteiger partial charge in [0, 0.05) is 0 Å². The van der Waals surface area contributed by atoms with Crippen molar-refractivity contribution in [3.05, 3.63) is 65.2 Å². The van der Waals surface area contributed by atoms with Gasteiger partial charge in [0.05, 0.1) is 30.5 Å². The second-order valence-electron chi connectivity index (χ2n) is 4.13. The van der Waals surface area contributed by atoms with Gasteiger partial charge in [-0.1, -0.05) is 24.3 Å². The number of carbonyl (C=O) groups excluding carboxylic acids is 1. The summed E-state index contributed by atoms with van der Waals surface area (Å²) in [6.07, 6.45) is 1.51. The molecule has 2 aromatic carbocycles. The minimum atomic E-state index is -0.350. The van der Waals surface area contributed by atoms with Gasteiger partial charge in [0.1, 0.15) is 5.75 Å². The number of hydrogen-bond acceptors (Lipinski definition) is 4. The molecule has 0 saturated heterocycles. The highest BCUT2D eigenvalue weighted by Gasteiger charge is 2.09. The molecule has 1 N–H and O–H groups in total. The number of amides is 1. The lowest BCUT2D eigenvalue weighted by Gasteiger charge is -2.05. The van der Waals surface area contributed by atoms with Crippen molar-refractivity contribution in [3.63, 3.8) is 0 Å². The Kier molecular flexibility index (Phi) is 4.67. The molecule has 0 bridgehead atoms. The SMILES string of the molecule is COc1ccccc1C(=O)NN=Cc1ccc(C#N)cc1. The van der Waals surface area contributed by atoms with Gasteiger partial charge in [-0.05, 0) is 29.8 Å². The molecule has 0 heterocycles. The summed E-state index contributed by atoms with van der Waals surface area (Å²) in [5, 5.41) is 12.6. The van der Waals surface area contributed by atoms with Crippen molar-refractivity contribution in [2.24, 2.45) is 5.10 Å². The molecular weight excluding hydrogens is 266 g/mol. The lowest BCUT2D eigenvalue weighted by molar-refractivity contribution is 0.0952. The number of benzene rings is 2. The number of hydrogen-bond donors (Lipinski definition) is 1. The van der Waals surface area contributed by atoms with Crippen molar-refractivity contribution >= 4 is 12.1 Å². The summed E-state index contributed by atoms with van der Waals surface area (Å²) >= 11 is 0. The molecule has 0 aliphatic heterocycles. The van der Waals surface area contributed by atoms with Gasteiger partial charge >= 0.3 is 0 Å². The maximum absolute atomic E-state index is 12.0. The van der Waals surface area contributed by atoms with Gasteiger partial charge in [0.15, 0.2) is 0 Å². The predicted molar refractivity (Wildman–Crippen MR) is 79.2 cm³/mol. The number of para-hydroxylation sites is 1. The zero-order valence-electron chi connectivity index (χ0n) is 11.4. The monoisotopic (exact) mass is 279 g/mol. The number of ether oxygens (including phenoxy) is 1. The molecular formula is C16H13N3O2. The van der Waals surface area contributed by atoms with Gasteiger partial charge < -0.3 is 4.74 Å². The third-order valence-corrected chi connectivity index (χ3v) is 2.77. The molecule has 0 radical (unpaired) electrons. The smallest absolute Gasteiger partial charge is 0.275 e. The third-order valence-electron chi connectivity index (χ3n) is 2.77. The number of hydrazone groups is 1. The minimum absolute atomic E-state index is 0.350. The molecule has 1 amide bonds. The van der Waals surface area contributed by atoms with E-state index in [1.807, 2.05) is 6.07 Å². The Balaban J connectivity index is 2.03. The quantitative estimate of drug-likeness (QED) is 0.689. The van der Waals surface area contributed by atoms with E-state index in [9.17, 15) is 4.79 Å². The number of carbonyl (C=O) groups is 1. The fraction of sp³-hybridized carbons (Fsp3) is 0.0625. The fourth-order valence-corrected chi connectivity index (χ4v) is 1.70. The molecule has 2 aromatic rings. The molecule has 0 aliphatic carbocycles. The van der Waals surface area contributed by atoms with Gasteiger partial charge in [0.25, 0.3) is 5.91 Å². The van der Waals surface area contributed by atoms with Crippen molar-refractivity contribution in [1.82, 2.24) is 5.43 Å². The predicted octanol–water partition coefficient (Wildman–Crippen LogP) is 2.33. The summed E-state index contributed by atoms with van der Waals surface area (Å²) in [5.74, 6) is 0.140. The van der Waals surface area contributed by atoms with Crippen molar-refractivity contribution in [2.75, 3.05) is 7.11 Å². The van der Waals surface area contributed by atoms with Crippen molar-refractivity contribution < 1.29 is 9.53 Å².